The number of anilines is 2. The molecule has 30 heavy (non-hydrogen) atoms. The Morgan fingerprint density at radius 1 is 1.00 bits per heavy atom. The summed E-state index contributed by atoms with van der Waals surface area (Å²) in [5.41, 5.74) is 1.46. The van der Waals surface area contributed by atoms with Crippen LogP contribution in [0, 0.1) is 5.92 Å². The van der Waals surface area contributed by atoms with Crippen LogP contribution in [0.2, 0.25) is 0 Å². The van der Waals surface area contributed by atoms with Gasteiger partial charge >= 0.3 is 0 Å². The van der Waals surface area contributed by atoms with Crippen LogP contribution in [-0.2, 0) is 10.0 Å². The van der Waals surface area contributed by atoms with E-state index >= 15 is 0 Å². The van der Waals surface area contributed by atoms with Gasteiger partial charge in [-0.3, -0.25) is 9.52 Å². The van der Waals surface area contributed by atoms with Crippen LogP contribution in [0.1, 0.15) is 24.2 Å². The zero-order valence-corrected chi connectivity index (χ0v) is 18.5. The molecule has 0 heterocycles. The fourth-order valence-electron chi connectivity index (χ4n) is 3.20. The van der Waals surface area contributed by atoms with Gasteiger partial charge in [-0.2, -0.15) is 0 Å². The molecule has 0 aliphatic carbocycles. The third-order valence-electron chi connectivity index (χ3n) is 4.69. The monoisotopic (exact) mass is 425 g/mol. The van der Waals surface area contributed by atoms with Crippen molar-refractivity contribution in [1.29, 1.82) is 0 Å². The molecule has 0 unspecified atom stereocenters. The minimum atomic E-state index is -3.84. The number of nitrogens with one attached hydrogen (secondary N) is 2. The van der Waals surface area contributed by atoms with Crippen LogP contribution in [0.3, 0.4) is 0 Å². The summed E-state index contributed by atoms with van der Waals surface area (Å²) in [6.07, 6.45) is 0. The molecule has 0 aliphatic rings. The van der Waals surface area contributed by atoms with Gasteiger partial charge in [-0.1, -0.05) is 50.2 Å². The Hall–Kier alpha value is -3.06. The average molecular weight is 426 g/mol. The minimum absolute atomic E-state index is 0.197. The van der Waals surface area contributed by atoms with E-state index in [1.165, 1.54) is 0 Å². The highest BCUT2D eigenvalue weighted by Crippen LogP contribution is 2.27. The van der Waals surface area contributed by atoms with E-state index in [-0.39, 0.29) is 10.8 Å². The number of hydrogen-bond acceptors (Lipinski definition) is 4. The Balaban J connectivity index is 1.97. The van der Waals surface area contributed by atoms with E-state index in [1.807, 2.05) is 57.1 Å². The van der Waals surface area contributed by atoms with Crippen LogP contribution in [0.25, 0.3) is 10.8 Å². The number of carbonyl (C=O) groups excluding carboxylic acids is 1. The first-order chi connectivity index (χ1) is 14.2. The summed E-state index contributed by atoms with van der Waals surface area (Å²) in [7, 11) is -0.153. The van der Waals surface area contributed by atoms with Gasteiger partial charge in [0.2, 0.25) is 0 Å². The summed E-state index contributed by atoms with van der Waals surface area (Å²) in [6.45, 7) is 4.57. The van der Waals surface area contributed by atoms with Crippen LogP contribution in [-0.4, -0.2) is 35.0 Å². The maximum absolute atomic E-state index is 13.1. The molecule has 0 fully saturated rings. The highest BCUT2D eigenvalue weighted by Gasteiger charge is 2.20. The van der Waals surface area contributed by atoms with Gasteiger partial charge in [0.1, 0.15) is 0 Å². The van der Waals surface area contributed by atoms with Gasteiger partial charge in [-0.15, -0.1) is 0 Å². The van der Waals surface area contributed by atoms with Crippen LogP contribution in [0.5, 0.6) is 0 Å². The number of benzene rings is 3. The lowest BCUT2D eigenvalue weighted by atomic mass is 10.1. The SMILES string of the molecule is CC(C)CNC(=O)c1cc(NS(=O)(=O)c2cccc3ccccc23)ccc1N(C)C. The molecule has 0 aliphatic heterocycles. The summed E-state index contributed by atoms with van der Waals surface area (Å²) < 4.78 is 28.8. The van der Waals surface area contributed by atoms with E-state index in [0.717, 1.165) is 5.39 Å². The number of sulfonamides is 1. The Labute approximate surface area is 178 Å². The highest BCUT2D eigenvalue weighted by molar-refractivity contribution is 7.93. The van der Waals surface area contributed by atoms with Crippen molar-refractivity contribution in [3.8, 4) is 0 Å². The van der Waals surface area contributed by atoms with E-state index in [9.17, 15) is 13.2 Å². The van der Waals surface area contributed by atoms with Crippen LogP contribution < -0.4 is 14.9 Å². The number of nitrogens with zero attached hydrogens (tertiary/aromatic N) is 1. The maximum atomic E-state index is 13.1. The second kappa shape index (κ2) is 8.75. The molecule has 3 rings (SSSR count). The largest absolute Gasteiger partial charge is 0.377 e. The number of fused-ring (bicyclic) bond motifs is 1. The zero-order valence-electron chi connectivity index (χ0n) is 17.6. The van der Waals surface area contributed by atoms with Crippen molar-refractivity contribution in [2.75, 3.05) is 30.3 Å². The molecule has 3 aromatic carbocycles. The molecule has 0 aromatic heterocycles. The van der Waals surface area contributed by atoms with Crippen LogP contribution in [0.4, 0.5) is 11.4 Å². The fourth-order valence-corrected chi connectivity index (χ4v) is 4.48. The van der Waals surface area contributed by atoms with E-state index < -0.39 is 10.0 Å². The van der Waals surface area contributed by atoms with Crippen molar-refractivity contribution < 1.29 is 13.2 Å². The van der Waals surface area contributed by atoms with Crippen molar-refractivity contribution in [1.82, 2.24) is 5.32 Å². The van der Waals surface area contributed by atoms with Crippen LogP contribution in [0.15, 0.2) is 65.6 Å². The smallest absolute Gasteiger partial charge is 0.262 e. The summed E-state index contributed by atoms with van der Waals surface area (Å²) in [4.78, 5) is 14.7. The van der Waals surface area contributed by atoms with Gasteiger partial charge < -0.3 is 10.2 Å². The molecule has 7 heteroatoms. The molecule has 0 radical (unpaired) electrons. The standard InChI is InChI=1S/C23H27N3O3S/c1-16(2)15-24-23(27)20-14-18(12-13-21(20)26(3)4)25-30(28,29)22-11-7-9-17-8-5-6-10-19(17)22/h5-14,16,25H,15H2,1-4H3,(H,24,27). The molecule has 6 nitrogen and oxygen atoms in total. The second-order valence-corrected chi connectivity index (χ2v) is 9.46. The first kappa shape index (κ1) is 21.6. The Bertz CT molecular complexity index is 1170. The average Bonchev–Trinajstić information content (AvgIpc) is 2.71. The van der Waals surface area contributed by atoms with Gasteiger partial charge in [0.25, 0.3) is 15.9 Å². The predicted octanol–water partition coefficient (Wildman–Crippen LogP) is 4.09. The van der Waals surface area contributed by atoms with E-state index in [0.29, 0.717) is 34.8 Å². The molecule has 2 N–H and O–H groups in total. The number of rotatable bonds is 7. The molecular weight excluding hydrogens is 398 g/mol. The molecule has 0 saturated carbocycles. The highest BCUT2D eigenvalue weighted by atomic mass is 32.2. The van der Waals surface area contributed by atoms with Crippen molar-refractivity contribution in [2.45, 2.75) is 18.7 Å². The van der Waals surface area contributed by atoms with Crippen molar-refractivity contribution >= 4 is 38.1 Å². The van der Waals surface area contributed by atoms with Crippen molar-refractivity contribution in [3.05, 3.63) is 66.2 Å². The molecule has 3 aromatic rings. The third-order valence-corrected chi connectivity index (χ3v) is 6.12. The number of amides is 1. The fraction of sp³-hybridized carbons (Fsp3) is 0.261. The summed E-state index contributed by atoms with van der Waals surface area (Å²) >= 11 is 0. The lowest BCUT2D eigenvalue weighted by molar-refractivity contribution is 0.0949. The van der Waals surface area contributed by atoms with Crippen molar-refractivity contribution in [3.63, 3.8) is 0 Å². The normalized spacial score (nSPS) is 11.5. The van der Waals surface area contributed by atoms with E-state index in [2.05, 4.69) is 10.0 Å². The number of carbonyl (C=O) groups is 1. The van der Waals surface area contributed by atoms with Crippen molar-refractivity contribution in [2.24, 2.45) is 5.92 Å². The number of hydrogen-bond donors (Lipinski definition) is 2. The first-order valence-corrected chi connectivity index (χ1v) is 11.3. The van der Waals surface area contributed by atoms with Gasteiger partial charge in [-0.25, -0.2) is 8.42 Å². The molecule has 0 bridgehead atoms. The van der Waals surface area contributed by atoms with Crippen LogP contribution >= 0.6 is 0 Å². The Morgan fingerprint density at radius 2 is 1.70 bits per heavy atom. The zero-order chi connectivity index (χ0) is 21.9. The van der Waals surface area contributed by atoms with E-state index in [4.69, 9.17) is 0 Å². The second-order valence-electron chi connectivity index (χ2n) is 7.81. The van der Waals surface area contributed by atoms with Gasteiger partial charge in [-0.05, 0) is 35.6 Å². The minimum Gasteiger partial charge on any atom is -0.377 e. The molecule has 1 amide bonds. The maximum Gasteiger partial charge on any atom is 0.262 e. The molecular formula is C23H27N3O3S. The van der Waals surface area contributed by atoms with Gasteiger partial charge in [0, 0.05) is 37.4 Å². The van der Waals surface area contributed by atoms with Gasteiger partial charge in [0.15, 0.2) is 0 Å². The molecule has 0 saturated heterocycles. The quantitative estimate of drug-likeness (QED) is 0.598. The summed E-state index contributed by atoms with van der Waals surface area (Å²) in [6, 6.07) is 17.5. The predicted molar refractivity (Wildman–Crippen MR) is 123 cm³/mol. The molecule has 0 spiro atoms. The van der Waals surface area contributed by atoms with E-state index in [1.54, 1.807) is 36.4 Å². The Morgan fingerprint density at radius 3 is 2.40 bits per heavy atom. The lowest BCUT2D eigenvalue weighted by Crippen LogP contribution is -2.29. The molecule has 158 valence electrons. The Kier molecular flexibility index (Phi) is 6.31. The first-order valence-electron chi connectivity index (χ1n) is 9.79. The third kappa shape index (κ3) is 4.74. The molecule has 0 atom stereocenters. The summed E-state index contributed by atoms with van der Waals surface area (Å²) in [5, 5.41) is 4.39. The van der Waals surface area contributed by atoms with Gasteiger partial charge in [0.05, 0.1) is 10.5 Å². The lowest BCUT2D eigenvalue weighted by Gasteiger charge is -2.19. The topological polar surface area (TPSA) is 78.5 Å². The summed E-state index contributed by atoms with van der Waals surface area (Å²) in [5.74, 6) is 0.0726.